The van der Waals surface area contributed by atoms with Crippen LogP contribution in [-0.2, 0) is 24.9 Å². The van der Waals surface area contributed by atoms with Crippen LogP contribution in [0.2, 0.25) is 0 Å². The highest BCUT2D eigenvalue weighted by Crippen LogP contribution is 2.25. The van der Waals surface area contributed by atoms with E-state index < -0.39 is 0 Å². The van der Waals surface area contributed by atoms with E-state index in [4.69, 9.17) is 4.84 Å². The van der Waals surface area contributed by atoms with Crippen LogP contribution in [0.1, 0.15) is 29.5 Å². The van der Waals surface area contributed by atoms with E-state index in [2.05, 4.69) is 33.4 Å². The highest BCUT2D eigenvalue weighted by Gasteiger charge is 2.23. The van der Waals surface area contributed by atoms with Gasteiger partial charge in [0.2, 0.25) is 0 Å². The fourth-order valence-electron chi connectivity index (χ4n) is 2.47. The second-order valence-corrected chi connectivity index (χ2v) is 6.18. The molecule has 3 heterocycles. The Balaban J connectivity index is 1.86. The average molecular weight is 304 g/mol. The zero-order chi connectivity index (χ0) is 14.7. The van der Waals surface area contributed by atoms with Gasteiger partial charge in [0.1, 0.15) is 12.3 Å². The van der Waals surface area contributed by atoms with Gasteiger partial charge < -0.3 is 14.3 Å². The van der Waals surface area contributed by atoms with Gasteiger partial charge in [-0.25, -0.2) is 4.98 Å². The highest BCUT2D eigenvalue weighted by atomic mass is 32.1. The Morgan fingerprint density at radius 2 is 2.43 bits per heavy atom. The van der Waals surface area contributed by atoms with Crippen LogP contribution >= 0.6 is 11.3 Å². The number of fused-ring (bicyclic) bond motifs is 1. The molecule has 0 radical (unpaired) electrons. The summed E-state index contributed by atoms with van der Waals surface area (Å²) >= 11 is 1.85. The predicted octanol–water partition coefficient (Wildman–Crippen LogP) is 2.63. The summed E-state index contributed by atoms with van der Waals surface area (Å²) in [6, 6.07) is 2.21. The number of amidine groups is 1. The van der Waals surface area contributed by atoms with Crippen LogP contribution in [0, 0.1) is 0 Å². The lowest BCUT2D eigenvalue weighted by Gasteiger charge is -2.29. The first-order valence-electron chi connectivity index (χ1n) is 7.26. The Morgan fingerprint density at radius 1 is 1.52 bits per heavy atom. The number of thiophene rings is 1. The molecule has 21 heavy (non-hydrogen) atoms. The molecule has 3 rings (SSSR count). The van der Waals surface area contributed by atoms with Crippen LogP contribution in [0.5, 0.6) is 0 Å². The number of rotatable bonds is 4. The van der Waals surface area contributed by atoms with E-state index in [1.165, 1.54) is 10.4 Å². The van der Waals surface area contributed by atoms with Crippen molar-refractivity contribution in [3.8, 4) is 0 Å². The van der Waals surface area contributed by atoms with E-state index in [1.807, 2.05) is 29.1 Å². The second-order valence-electron chi connectivity index (χ2n) is 5.18. The Morgan fingerprint density at radius 3 is 3.19 bits per heavy atom. The molecule has 5 nitrogen and oxygen atoms in total. The summed E-state index contributed by atoms with van der Waals surface area (Å²) in [5.74, 6) is 0.875. The molecular weight excluding hydrogens is 284 g/mol. The van der Waals surface area contributed by atoms with E-state index in [9.17, 15) is 0 Å². The summed E-state index contributed by atoms with van der Waals surface area (Å²) in [5.41, 5.74) is 2.39. The monoisotopic (exact) mass is 304 g/mol. The first kappa shape index (κ1) is 14.1. The molecule has 0 N–H and O–H groups in total. The van der Waals surface area contributed by atoms with Crippen LogP contribution in [0.3, 0.4) is 0 Å². The fourth-order valence-corrected chi connectivity index (χ4v) is 3.36. The molecule has 0 aliphatic carbocycles. The quantitative estimate of drug-likeness (QED) is 0.377. The van der Waals surface area contributed by atoms with Gasteiger partial charge >= 0.3 is 0 Å². The number of nitrogens with zero attached hydrogens (tertiary/aromatic N) is 4. The van der Waals surface area contributed by atoms with Crippen LogP contribution in [0.15, 0.2) is 29.1 Å². The van der Waals surface area contributed by atoms with E-state index >= 15 is 0 Å². The van der Waals surface area contributed by atoms with Crippen molar-refractivity contribution in [2.45, 2.75) is 26.3 Å². The molecule has 0 aromatic carbocycles. The lowest BCUT2D eigenvalue weighted by molar-refractivity contribution is 0.139. The number of hydrogen-bond acceptors (Lipinski definition) is 4. The zero-order valence-corrected chi connectivity index (χ0v) is 13.3. The number of imidazole rings is 1. The molecule has 0 spiro atoms. The zero-order valence-electron chi connectivity index (χ0n) is 12.5. The summed E-state index contributed by atoms with van der Waals surface area (Å²) < 4.78 is 1.98. The molecule has 0 saturated heterocycles. The minimum absolute atomic E-state index is 0.638. The number of oxime groups is 1. The summed E-state index contributed by atoms with van der Waals surface area (Å²) in [5, 5.41) is 6.55. The first-order valence-corrected chi connectivity index (χ1v) is 8.14. The molecule has 1 aliphatic heterocycles. The first-order chi connectivity index (χ1) is 10.3. The van der Waals surface area contributed by atoms with Crippen molar-refractivity contribution in [2.24, 2.45) is 12.2 Å². The van der Waals surface area contributed by atoms with E-state index in [0.29, 0.717) is 6.61 Å². The van der Waals surface area contributed by atoms with Crippen molar-refractivity contribution in [1.29, 1.82) is 0 Å². The van der Waals surface area contributed by atoms with Gasteiger partial charge in [0, 0.05) is 25.0 Å². The van der Waals surface area contributed by atoms with Gasteiger partial charge in [-0.1, -0.05) is 12.1 Å². The molecule has 0 unspecified atom stereocenters. The standard InChI is InChI=1S/C15H20N4OS/c1-3-7-20-17-15(13-9-16-11-18(13)2)19-6-4-14-12(10-19)5-8-21-14/h5,8-9,11H,3-4,6-7,10H2,1-2H3/b17-15+. The summed E-state index contributed by atoms with van der Waals surface area (Å²) in [4.78, 5) is 13.4. The lowest BCUT2D eigenvalue weighted by atomic mass is 10.1. The summed E-state index contributed by atoms with van der Waals surface area (Å²) in [6.07, 6.45) is 5.66. The number of hydrogen-bond donors (Lipinski definition) is 0. The Bertz CT molecular complexity index is 631. The van der Waals surface area contributed by atoms with Crippen molar-refractivity contribution in [3.63, 3.8) is 0 Å². The topological polar surface area (TPSA) is 42.7 Å². The second kappa shape index (κ2) is 6.30. The molecule has 0 bridgehead atoms. The molecule has 112 valence electrons. The number of aryl methyl sites for hydroxylation is 1. The maximum absolute atomic E-state index is 5.45. The van der Waals surface area contributed by atoms with Crippen LogP contribution in [-0.4, -0.2) is 33.4 Å². The molecular formula is C15H20N4OS. The van der Waals surface area contributed by atoms with Gasteiger partial charge in [-0.3, -0.25) is 0 Å². The van der Waals surface area contributed by atoms with E-state index in [-0.39, 0.29) is 0 Å². The Hall–Kier alpha value is -1.82. The number of aromatic nitrogens is 2. The van der Waals surface area contributed by atoms with Crippen LogP contribution < -0.4 is 0 Å². The average Bonchev–Trinajstić information content (AvgIpc) is 3.12. The Kier molecular flexibility index (Phi) is 4.24. The van der Waals surface area contributed by atoms with Crippen molar-refractivity contribution in [3.05, 3.63) is 40.1 Å². The third kappa shape index (κ3) is 2.95. The molecule has 0 amide bonds. The van der Waals surface area contributed by atoms with Gasteiger partial charge in [0.25, 0.3) is 0 Å². The largest absolute Gasteiger partial charge is 0.394 e. The molecule has 2 aromatic heterocycles. The molecule has 6 heteroatoms. The van der Waals surface area contributed by atoms with Gasteiger partial charge in [-0.2, -0.15) is 0 Å². The van der Waals surface area contributed by atoms with Crippen LogP contribution in [0.25, 0.3) is 0 Å². The fraction of sp³-hybridized carbons (Fsp3) is 0.467. The maximum atomic E-state index is 5.45. The summed E-state index contributed by atoms with van der Waals surface area (Å²) in [7, 11) is 1.98. The van der Waals surface area contributed by atoms with E-state index in [0.717, 1.165) is 37.5 Å². The highest BCUT2D eigenvalue weighted by molar-refractivity contribution is 7.10. The minimum atomic E-state index is 0.638. The normalized spacial score (nSPS) is 15.1. The van der Waals surface area contributed by atoms with Gasteiger partial charge in [0.05, 0.1) is 12.5 Å². The predicted molar refractivity (Wildman–Crippen MR) is 84.4 cm³/mol. The summed E-state index contributed by atoms with van der Waals surface area (Å²) in [6.45, 7) is 4.57. The SMILES string of the molecule is CCCO/N=C(\c1cncn1C)N1CCc2sccc2C1. The molecule has 0 atom stereocenters. The molecule has 0 saturated carbocycles. The van der Waals surface area contributed by atoms with Gasteiger partial charge in [0.15, 0.2) is 5.84 Å². The maximum Gasteiger partial charge on any atom is 0.194 e. The van der Waals surface area contributed by atoms with Crippen molar-refractivity contribution in [2.75, 3.05) is 13.2 Å². The van der Waals surface area contributed by atoms with Gasteiger partial charge in [-0.15, -0.1) is 11.3 Å². The third-order valence-electron chi connectivity index (χ3n) is 3.60. The molecule has 1 aliphatic rings. The van der Waals surface area contributed by atoms with Crippen molar-refractivity contribution in [1.82, 2.24) is 14.5 Å². The molecule has 0 fully saturated rings. The molecule has 2 aromatic rings. The van der Waals surface area contributed by atoms with E-state index in [1.54, 1.807) is 6.33 Å². The Labute approximate surface area is 128 Å². The van der Waals surface area contributed by atoms with Crippen molar-refractivity contribution < 1.29 is 4.84 Å². The van der Waals surface area contributed by atoms with Crippen LogP contribution in [0.4, 0.5) is 0 Å². The van der Waals surface area contributed by atoms with Crippen molar-refractivity contribution >= 4 is 17.2 Å². The smallest absolute Gasteiger partial charge is 0.194 e. The lowest BCUT2D eigenvalue weighted by Crippen LogP contribution is -2.37. The van der Waals surface area contributed by atoms with Gasteiger partial charge in [-0.05, 0) is 29.9 Å². The third-order valence-corrected chi connectivity index (χ3v) is 4.62. The minimum Gasteiger partial charge on any atom is -0.394 e.